The van der Waals surface area contributed by atoms with Crippen LogP contribution in [0.4, 0.5) is 5.82 Å². The molecule has 0 spiro atoms. The van der Waals surface area contributed by atoms with Crippen LogP contribution in [0.2, 0.25) is 0 Å². The van der Waals surface area contributed by atoms with Gasteiger partial charge in [0.1, 0.15) is 11.5 Å². The first-order chi connectivity index (χ1) is 12.5. The molecule has 2 amide bonds. The van der Waals surface area contributed by atoms with Crippen molar-refractivity contribution in [2.24, 2.45) is 0 Å². The molecule has 2 aromatic rings. The number of nitrogens with one attached hydrogen (secondary N) is 1. The minimum Gasteiger partial charge on any atom is -0.360 e. The van der Waals surface area contributed by atoms with E-state index in [-0.39, 0.29) is 17.6 Å². The van der Waals surface area contributed by atoms with Gasteiger partial charge in [0.25, 0.3) is 11.8 Å². The first-order valence-electron chi connectivity index (χ1n) is 9.10. The predicted octanol–water partition coefficient (Wildman–Crippen LogP) is 2.64. The summed E-state index contributed by atoms with van der Waals surface area (Å²) in [6.45, 7) is 5.21. The standard InChI is InChI=1S/C18H25N5O3/c1-4-5-9-22(3)18(25)15-13-8-6-7-10-23(13)16(20-15)17(24)19-14-11-12(2)26-21-14/h11H,4-10H2,1-3H3,(H,19,21,24). The van der Waals surface area contributed by atoms with Gasteiger partial charge in [-0.25, -0.2) is 4.98 Å². The third kappa shape index (κ3) is 3.63. The van der Waals surface area contributed by atoms with Gasteiger partial charge < -0.3 is 19.3 Å². The molecule has 2 aromatic heterocycles. The summed E-state index contributed by atoms with van der Waals surface area (Å²) in [5.74, 6) is 0.706. The van der Waals surface area contributed by atoms with Gasteiger partial charge in [-0.3, -0.25) is 9.59 Å². The molecule has 1 aliphatic rings. The van der Waals surface area contributed by atoms with E-state index >= 15 is 0 Å². The molecule has 3 rings (SSSR count). The maximum absolute atomic E-state index is 12.8. The zero-order valence-electron chi connectivity index (χ0n) is 15.5. The lowest BCUT2D eigenvalue weighted by Gasteiger charge is -2.19. The molecule has 0 saturated heterocycles. The van der Waals surface area contributed by atoms with E-state index in [0.29, 0.717) is 30.4 Å². The molecule has 3 heterocycles. The number of carbonyl (C=O) groups is 2. The van der Waals surface area contributed by atoms with Crippen LogP contribution in [0.3, 0.4) is 0 Å². The van der Waals surface area contributed by atoms with Crippen molar-refractivity contribution >= 4 is 17.6 Å². The third-order valence-corrected chi connectivity index (χ3v) is 4.59. The van der Waals surface area contributed by atoms with Crippen molar-refractivity contribution in [1.82, 2.24) is 19.6 Å². The van der Waals surface area contributed by atoms with Crippen LogP contribution in [0.25, 0.3) is 0 Å². The minimum absolute atomic E-state index is 0.125. The van der Waals surface area contributed by atoms with E-state index < -0.39 is 0 Å². The Bertz CT molecular complexity index is 808. The fourth-order valence-corrected chi connectivity index (χ4v) is 3.16. The summed E-state index contributed by atoms with van der Waals surface area (Å²) >= 11 is 0. The van der Waals surface area contributed by atoms with E-state index in [4.69, 9.17) is 4.52 Å². The van der Waals surface area contributed by atoms with Gasteiger partial charge in [-0.05, 0) is 32.6 Å². The summed E-state index contributed by atoms with van der Waals surface area (Å²) in [5.41, 5.74) is 1.25. The number of fused-ring (bicyclic) bond motifs is 1. The maximum atomic E-state index is 12.8. The van der Waals surface area contributed by atoms with Gasteiger partial charge in [-0.2, -0.15) is 0 Å². The van der Waals surface area contributed by atoms with E-state index in [9.17, 15) is 9.59 Å². The summed E-state index contributed by atoms with van der Waals surface area (Å²) in [6, 6.07) is 1.64. The number of carbonyl (C=O) groups excluding carboxylic acids is 2. The average Bonchev–Trinajstić information content (AvgIpc) is 3.22. The summed E-state index contributed by atoms with van der Waals surface area (Å²) < 4.78 is 6.84. The molecule has 0 radical (unpaired) electrons. The van der Waals surface area contributed by atoms with E-state index in [1.54, 1.807) is 24.9 Å². The Morgan fingerprint density at radius 1 is 1.38 bits per heavy atom. The number of hydrogen-bond donors (Lipinski definition) is 1. The number of unbranched alkanes of at least 4 members (excludes halogenated alkanes) is 1. The van der Waals surface area contributed by atoms with Crippen molar-refractivity contribution in [3.63, 3.8) is 0 Å². The van der Waals surface area contributed by atoms with Gasteiger partial charge in [0, 0.05) is 26.2 Å². The largest absolute Gasteiger partial charge is 0.360 e. The SMILES string of the molecule is CCCCN(C)C(=O)c1nc(C(=O)Nc2cc(C)on2)n2c1CCCC2. The smallest absolute Gasteiger partial charge is 0.292 e. The molecule has 8 heteroatoms. The van der Waals surface area contributed by atoms with Crippen LogP contribution in [0.15, 0.2) is 10.6 Å². The highest BCUT2D eigenvalue weighted by atomic mass is 16.5. The molecule has 0 unspecified atom stereocenters. The zero-order valence-corrected chi connectivity index (χ0v) is 15.5. The van der Waals surface area contributed by atoms with Crippen LogP contribution < -0.4 is 5.32 Å². The highest BCUT2D eigenvalue weighted by Crippen LogP contribution is 2.23. The van der Waals surface area contributed by atoms with Crippen molar-refractivity contribution in [2.45, 2.75) is 52.5 Å². The van der Waals surface area contributed by atoms with Crippen molar-refractivity contribution in [1.29, 1.82) is 0 Å². The molecule has 26 heavy (non-hydrogen) atoms. The van der Waals surface area contributed by atoms with E-state index in [2.05, 4.69) is 22.4 Å². The van der Waals surface area contributed by atoms with E-state index in [1.165, 1.54) is 0 Å². The Kier molecular flexibility index (Phi) is 5.39. The molecule has 0 aliphatic carbocycles. The van der Waals surface area contributed by atoms with Crippen molar-refractivity contribution in [3.05, 3.63) is 29.0 Å². The monoisotopic (exact) mass is 359 g/mol. The lowest BCUT2D eigenvalue weighted by Crippen LogP contribution is -2.29. The quantitative estimate of drug-likeness (QED) is 0.856. The Labute approximate surface area is 152 Å². The maximum Gasteiger partial charge on any atom is 0.292 e. The molecule has 0 saturated carbocycles. The highest BCUT2D eigenvalue weighted by Gasteiger charge is 2.29. The van der Waals surface area contributed by atoms with Crippen LogP contribution in [0.5, 0.6) is 0 Å². The Morgan fingerprint density at radius 3 is 2.88 bits per heavy atom. The van der Waals surface area contributed by atoms with Crippen molar-refractivity contribution in [3.8, 4) is 0 Å². The first kappa shape index (κ1) is 18.2. The lowest BCUT2D eigenvalue weighted by molar-refractivity contribution is 0.0786. The Morgan fingerprint density at radius 2 is 2.19 bits per heavy atom. The summed E-state index contributed by atoms with van der Waals surface area (Å²) in [4.78, 5) is 31.6. The van der Waals surface area contributed by atoms with Gasteiger partial charge in [-0.15, -0.1) is 0 Å². The topological polar surface area (TPSA) is 93.3 Å². The molecule has 0 fully saturated rings. The summed E-state index contributed by atoms with van der Waals surface area (Å²) in [6.07, 6.45) is 4.67. The predicted molar refractivity (Wildman–Crippen MR) is 96.2 cm³/mol. The number of hydrogen-bond acceptors (Lipinski definition) is 5. The number of aromatic nitrogens is 3. The van der Waals surface area contributed by atoms with Crippen LogP contribution in [0, 0.1) is 6.92 Å². The van der Waals surface area contributed by atoms with Gasteiger partial charge >= 0.3 is 0 Å². The lowest BCUT2D eigenvalue weighted by atomic mass is 10.1. The molecule has 1 aliphatic heterocycles. The number of aryl methyl sites for hydroxylation is 1. The average molecular weight is 359 g/mol. The zero-order chi connectivity index (χ0) is 18.7. The number of amides is 2. The number of imidazole rings is 1. The number of rotatable bonds is 6. The second-order valence-electron chi connectivity index (χ2n) is 6.70. The Balaban J connectivity index is 1.87. The fourth-order valence-electron chi connectivity index (χ4n) is 3.16. The van der Waals surface area contributed by atoms with E-state index in [1.807, 2.05) is 4.57 Å². The van der Waals surface area contributed by atoms with Crippen LogP contribution >= 0.6 is 0 Å². The Hall–Kier alpha value is -2.64. The second kappa shape index (κ2) is 7.72. The summed E-state index contributed by atoms with van der Waals surface area (Å²) in [7, 11) is 1.78. The molecular formula is C18H25N5O3. The molecule has 1 N–H and O–H groups in total. The minimum atomic E-state index is -0.378. The summed E-state index contributed by atoms with van der Waals surface area (Å²) in [5, 5.41) is 6.47. The van der Waals surface area contributed by atoms with Gasteiger partial charge in [0.2, 0.25) is 0 Å². The van der Waals surface area contributed by atoms with Crippen molar-refractivity contribution in [2.75, 3.05) is 18.9 Å². The van der Waals surface area contributed by atoms with Crippen molar-refractivity contribution < 1.29 is 14.1 Å². The molecule has 0 atom stereocenters. The van der Waals surface area contributed by atoms with Gasteiger partial charge in [-0.1, -0.05) is 18.5 Å². The first-order valence-corrected chi connectivity index (χ1v) is 9.10. The molecule has 140 valence electrons. The molecular weight excluding hydrogens is 334 g/mol. The number of nitrogens with zero attached hydrogens (tertiary/aromatic N) is 4. The molecule has 0 bridgehead atoms. The molecule has 0 aromatic carbocycles. The van der Waals surface area contributed by atoms with E-state index in [0.717, 1.165) is 37.8 Å². The molecule has 8 nitrogen and oxygen atoms in total. The second-order valence-corrected chi connectivity index (χ2v) is 6.70. The van der Waals surface area contributed by atoms with Crippen LogP contribution in [0.1, 0.15) is 65.2 Å². The van der Waals surface area contributed by atoms with Gasteiger partial charge in [0.05, 0.1) is 5.69 Å². The number of anilines is 1. The van der Waals surface area contributed by atoms with Crippen LogP contribution in [-0.4, -0.2) is 45.0 Å². The third-order valence-electron chi connectivity index (χ3n) is 4.59. The fraction of sp³-hybridized carbons (Fsp3) is 0.556. The van der Waals surface area contributed by atoms with Gasteiger partial charge in [0.15, 0.2) is 11.6 Å². The van der Waals surface area contributed by atoms with Crippen LogP contribution in [-0.2, 0) is 13.0 Å². The normalized spacial score (nSPS) is 13.3. The highest BCUT2D eigenvalue weighted by molar-refractivity contribution is 6.03.